The van der Waals surface area contributed by atoms with Gasteiger partial charge in [0.15, 0.2) is 6.04 Å². The molecule has 0 spiro atoms. The molecule has 0 aliphatic rings. The van der Waals surface area contributed by atoms with Gasteiger partial charge in [-0.15, -0.1) is 0 Å². The number of aliphatic hydroxyl groups excluding tert-OH is 2. The van der Waals surface area contributed by atoms with Crippen LogP contribution >= 0.6 is 11.8 Å². The van der Waals surface area contributed by atoms with Gasteiger partial charge in [-0.1, -0.05) is 0 Å². The van der Waals surface area contributed by atoms with E-state index >= 15 is 0 Å². The third kappa shape index (κ3) is 8.82. The Morgan fingerprint density at radius 1 is 1.16 bits per heavy atom. The maximum Gasteiger partial charge on any atom is 0.328 e. The summed E-state index contributed by atoms with van der Waals surface area (Å²) in [6, 6.07) is -5.12. The third-order valence-corrected chi connectivity index (χ3v) is 5.08. The lowest BCUT2D eigenvalue weighted by atomic mass is 10.1. The highest BCUT2D eigenvalue weighted by Gasteiger charge is 2.31. The Morgan fingerprint density at radius 3 is 2.28 bits per heavy atom. The quantitative estimate of drug-likeness (QED) is 0.136. The molecule has 14 heteroatoms. The Labute approximate surface area is 188 Å². The topological polar surface area (TPSA) is 220 Å². The van der Waals surface area contributed by atoms with Gasteiger partial charge in [-0.2, -0.15) is 11.8 Å². The van der Waals surface area contributed by atoms with Gasteiger partial charge in [-0.25, -0.2) is 9.78 Å². The SMILES string of the molecule is CSCCC(NC(=O)C(N)Cc1cnc[nH]1)C(=O)NC(CO)C(=O)NC(C(=O)O)C(C)O. The number of hydrogen-bond acceptors (Lipinski definition) is 9. The minimum absolute atomic E-state index is 0.167. The molecule has 0 aliphatic heterocycles. The Hall–Kier alpha value is -2.68. The van der Waals surface area contributed by atoms with Gasteiger partial charge in [-0.05, 0) is 25.4 Å². The standard InChI is InChI=1S/C18H30N6O7S/c1-9(26)14(18(30)31)24-17(29)13(7-25)23-16(28)12(3-4-32-2)22-15(27)11(19)5-10-6-20-8-21-10/h6,8-9,11-14,25-26H,3-5,7,19H2,1-2H3,(H,20,21)(H,22,27)(H,23,28)(H,24,29)(H,30,31). The number of nitrogens with one attached hydrogen (secondary N) is 4. The van der Waals surface area contributed by atoms with Crippen molar-refractivity contribution in [2.45, 2.75) is 50.0 Å². The van der Waals surface area contributed by atoms with E-state index in [4.69, 9.17) is 10.8 Å². The van der Waals surface area contributed by atoms with Crippen LogP contribution in [-0.4, -0.2) is 97.9 Å². The van der Waals surface area contributed by atoms with Crippen LogP contribution in [0.2, 0.25) is 0 Å². The highest BCUT2D eigenvalue weighted by Crippen LogP contribution is 2.04. The summed E-state index contributed by atoms with van der Waals surface area (Å²) in [7, 11) is 0. The average Bonchev–Trinajstić information content (AvgIpc) is 3.24. The van der Waals surface area contributed by atoms with E-state index in [1.54, 1.807) is 0 Å². The highest BCUT2D eigenvalue weighted by molar-refractivity contribution is 7.98. The first-order valence-corrected chi connectivity index (χ1v) is 11.1. The van der Waals surface area contributed by atoms with Crippen molar-refractivity contribution in [3.05, 3.63) is 18.2 Å². The van der Waals surface area contributed by atoms with E-state index in [9.17, 15) is 29.4 Å². The van der Waals surface area contributed by atoms with Gasteiger partial charge in [-0.3, -0.25) is 14.4 Å². The summed E-state index contributed by atoms with van der Waals surface area (Å²) in [5.41, 5.74) is 6.53. The number of amides is 3. The van der Waals surface area contributed by atoms with Crippen LogP contribution in [0.4, 0.5) is 0 Å². The second-order valence-corrected chi connectivity index (χ2v) is 8.02. The number of hydrogen-bond donors (Lipinski definition) is 8. The van der Waals surface area contributed by atoms with Crippen molar-refractivity contribution in [2.75, 3.05) is 18.6 Å². The summed E-state index contributed by atoms with van der Waals surface area (Å²) in [5.74, 6) is -3.31. The number of thioether (sulfide) groups is 1. The number of H-pyrrole nitrogens is 1. The van der Waals surface area contributed by atoms with Gasteiger partial charge in [0, 0.05) is 18.3 Å². The summed E-state index contributed by atoms with van der Waals surface area (Å²) in [4.78, 5) is 55.3. The molecule has 180 valence electrons. The van der Waals surface area contributed by atoms with E-state index < -0.39 is 60.6 Å². The summed E-state index contributed by atoms with van der Waals surface area (Å²) in [6.45, 7) is 0.346. The van der Waals surface area contributed by atoms with Crippen molar-refractivity contribution in [3.8, 4) is 0 Å². The highest BCUT2D eigenvalue weighted by atomic mass is 32.2. The monoisotopic (exact) mass is 474 g/mol. The number of aromatic nitrogens is 2. The summed E-state index contributed by atoms with van der Waals surface area (Å²) < 4.78 is 0. The molecule has 5 unspecified atom stereocenters. The predicted octanol–water partition coefficient (Wildman–Crippen LogP) is -3.06. The summed E-state index contributed by atoms with van der Waals surface area (Å²) in [5, 5.41) is 34.9. The van der Waals surface area contributed by atoms with E-state index in [2.05, 4.69) is 25.9 Å². The number of rotatable bonds is 14. The number of carbonyl (C=O) groups excluding carboxylic acids is 3. The van der Waals surface area contributed by atoms with E-state index in [1.807, 2.05) is 6.26 Å². The first kappa shape index (κ1) is 27.4. The van der Waals surface area contributed by atoms with E-state index in [0.29, 0.717) is 11.4 Å². The van der Waals surface area contributed by atoms with Gasteiger partial charge in [0.1, 0.15) is 12.1 Å². The van der Waals surface area contributed by atoms with E-state index in [-0.39, 0.29) is 12.8 Å². The van der Waals surface area contributed by atoms with Gasteiger partial charge in [0.25, 0.3) is 0 Å². The van der Waals surface area contributed by atoms with Gasteiger partial charge < -0.3 is 42.0 Å². The number of aromatic amines is 1. The average molecular weight is 475 g/mol. The first-order chi connectivity index (χ1) is 15.1. The minimum Gasteiger partial charge on any atom is -0.480 e. The molecule has 0 fully saturated rings. The molecule has 32 heavy (non-hydrogen) atoms. The van der Waals surface area contributed by atoms with Crippen LogP contribution in [0, 0.1) is 0 Å². The van der Waals surface area contributed by atoms with Crippen molar-refractivity contribution >= 4 is 35.5 Å². The molecule has 13 nitrogen and oxygen atoms in total. The molecule has 0 radical (unpaired) electrons. The van der Waals surface area contributed by atoms with Gasteiger partial charge >= 0.3 is 5.97 Å². The zero-order chi connectivity index (χ0) is 24.3. The molecular weight excluding hydrogens is 444 g/mol. The van der Waals surface area contributed by atoms with Crippen molar-refractivity contribution in [1.82, 2.24) is 25.9 Å². The number of imidazole rings is 1. The molecule has 0 bridgehead atoms. The fourth-order valence-corrected chi connectivity index (χ4v) is 3.09. The molecule has 3 amide bonds. The molecule has 5 atom stereocenters. The van der Waals surface area contributed by atoms with Crippen molar-refractivity contribution in [3.63, 3.8) is 0 Å². The lowest BCUT2D eigenvalue weighted by molar-refractivity contribution is -0.145. The maximum atomic E-state index is 12.7. The number of aliphatic carboxylic acids is 1. The van der Waals surface area contributed by atoms with Gasteiger partial charge in [0.2, 0.25) is 17.7 Å². The maximum absolute atomic E-state index is 12.7. The fourth-order valence-electron chi connectivity index (χ4n) is 2.62. The Balaban J connectivity index is 2.80. The molecule has 1 aromatic heterocycles. The number of carboxylic acid groups (broad SMARTS) is 1. The molecule has 0 saturated carbocycles. The molecule has 0 aliphatic carbocycles. The molecule has 1 rings (SSSR count). The van der Waals surface area contributed by atoms with E-state index in [1.165, 1.54) is 31.2 Å². The summed E-state index contributed by atoms with van der Waals surface area (Å²) >= 11 is 1.43. The normalized spacial score (nSPS) is 15.7. The zero-order valence-corrected chi connectivity index (χ0v) is 18.6. The number of aliphatic hydroxyl groups is 2. The lowest BCUT2D eigenvalue weighted by Crippen LogP contribution is -2.59. The summed E-state index contributed by atoms with van der Waals surface area (Å²) in [6.07, 6.45) is 3.76. The molecular formula is C18H30N6O7S. The molecule has 0 aromatic carbocycles. The molecule has 0 saturated heterocycles. The van der Waals surface area contributed by atoms with Crippen molar-refractivity contribution in [2.24, 2.45) is 5.73 Å². The van der Waals surface area contributed by atoms with Crippen molar-refractivity contribution < 1.29 is 34.5 Å². The second kappa shape index (κ2) is 13.7. The largest absolute Gasteiger partial charge is 0.480 e. The number of carbonyl (C=O) groups is 4. The lowest BCUT2D eigenvalue weighted by Gasteiger charge is -2.24. The van der Waals surface area contributed by atoms with Crippen LogP contribution in [0.15, 0.2) is 12.5 Å². The van der Waals surface area contributed by atoms with Crippen LogP contribution in [-0.2, 0) is 25.6 Å². The molecule has 1 aromatic rings. The predicted molar refractivity (Wildman–Crippen MR) is 115 cm³/mol. The fraction of sp³-hybridized carbons (Fsp3) is 0.611. The van der Waals surface area contributed by atoms with Crippen LogP contribution in [0.1, 0.15) is 19.0 Å². The van der Waals surface area contributed by atoms with Gasteiger partial charge in [0.05, 0.1) is 25.1 Å². The third-order valence-electron chi connectivity index (χ3n) is 4.44. The van der Waals surface area contributed by atoms with Crippen LogP contribution in [0.5, 0.6) is 0 Å². The minimum atomic E-state index is -1.62. The number of nitrogens with zero attached hydrogens (tertiary/aromatic N) is 1. The molecule has 9 N–H and O–H groups in total. The number of nitrogens with two attached hydrogens (primary N) is 1. The zero-order valence-electron chi connectivity index (χ0n) is 17.8. The van der Waals surface area contributed by atoms with Crippen LogP contribution in [0.3, 0.4) is 0 Å². The van der Waals surface area contributed by atoms with Crippen LogP contribution in [0.25, 0.3) is 0 Å². The first-order valence-electron chi connectivity index (χ1n) is 9.75. The Morgan fingerprint density at radius 2 is 1.78 bits per heavy atom. The number of carboxylic acids is 1. The Bertz CT molecular complexity index is 761. The smallest absolute Gasteiger partial charge is 0.328 e. The second-order valence-electron chi connectivity index (χ2n) is 7.04. The molecule has 1 heterocycles. The van der Waals surface area contributed by atoms with Crippen LogP contribution < -0.4 is 21.7 Å². The van der Waals surface area contributed by atoms with E-state index in [0.717, 1.165) is 0 Å². The Kier molecular flexibility index (Phi) is 11.7. The van der Waals surface area contributed by atoms with Crippen molar-refractivity contribution in [1.29, 1.82) is 0 Å².